The molecule has 26 heavy (non-hydrogen) atoms. The molecular weight excluding hydrogens is 332 g/mol. The van der Waals surface area contributed by atoms with Crippen molar-refractivity contribution in [3.63, 3.8) is 0 Å². The van der Waals surface area contributed by atoms with Gasteiger partial charge in [-0.3, -0.25) is 9.59 Å². The standard InChI is InChI=1S/C20H30N2O4/c1-6-17-14(4)11-15(20(24)22(17)5)19(23)21-16-12-25-9-8-18(16)26-10-7-13(2)3/h7,11,16,18H,6,8-10,12H2,1-5H3,(H,21,23)/t16-,18+/m0/s1. The second-order valence-electron chi connectivity index (χ2n) is 7.00. The molecule has 1 N–H and O–H groups in total. The zero-order valence-corrected chi connectivity index (χ0v) is 16.4. The fourth-order valence-corrected chi connectivity index (χ4v) is 3.24. The number of hydrogen-bond donors (Lipinski definition) is 1. The van der Waals surface area contributed by atoms with Crippen LogP contribution in [0, 0.1) is 6.92 Å². The molecule has 0 unspecified atom stereocenters. The quantitative estimate of drug-likeness (QED) is 0.787. The van der Waals surface area contributed by atoms with Gasteiger partial charge in [0.2, 0.25) is 0 Å². The summed E-state index contributed by atoms with van der Waals surface area (Å²) in [7, 11) is 1.71. The first-order valence-electron chi connectivity index (χ1n) is 9.18. The van der Waals surface area contributed by atoms with Crippen molar-refractivity contribution in [3.8, 4) is 0 Å². The van der Waals surface area contributed by atoms with Crippen LogP contribution in [-0.2, 0) is 22.9 Å². The molecule has 1 aliphatic heterocycles. The Bertz CT molecular complexity index is 732. The van der Waals surface area contributed by atoms with Gasteiger partial charge in [-0.1, -0.05) is 18.6 Å². The van der Waals surface area contributed by atoms with Gasteiger partial charge in [0.1, 0.15) is 5.56 Å². The van der Waals surface area contributed by atoms with Crippen molar-refractivity contribution >= 4 is 5.91 Å². The van der Waals surface area contributed by atoms with E-state index in [0.717, 1.165) is 17.7 Å². The van der Waals surface area contributed by atoms with Gasteiger partial charge in [-0.05, 0) is 45.2 Å². The molecule has 1 aromatic heterocycles. The second kappa shape index (κ2) is 9.14. The van der Waals surface area contributed by atoms with Crippen LogP contribution in [0.4, 0.5) is 0 Å². The summed E-state index contributed by atoms with van der Waals surface area (Å²) in [6, 6.07) is 1.41. The van der Waals surface area contributed by atoms with Gasteiger partial charge in [0, 0.05) is 19.3 Å². The summed E-state index contributed by atoms with van der Waals surface area (Å²) in [6.45, 7) is 9.45. The Morgan fingerprint density at radius 3 is 2.85 bits per heavy atom. The molecule has 0 aromatic carbocycles. The Morgan fingerprint density at radius 2 is 2.19 bits per heavy atom. The summed E-state index contributed by atoms with van der Waals surface area (Å²) in [6.07, 6.45) is 3.35. The molecule has 2 rings (SSSR count). The minimum atomic E-state index is -0.373. The topological polar surface area (TPSA) is 69.6 Å². The third-order valence-electron chi connectivity index (χ3n) is 4.75. The fourth-order valence-electron chi connectivity index (χ4n) is 3.24. The molecule has 1 aliphatic rings. The lowest BCUT2D eigenvalue weighted by Crippen LogP contribution is -2.51. The summed E-state index contributed by atoms with van der Waals surface area (Å²) in [5.74, 6) is -0.373. The van der Waals surface area contributed by atoms with Crippen LogP contribution in [0.1, 0.15) is 48.8 Å². The Hall–Kier alpha value is -1.92. The summed E-state index contributed by atoms with van der Waals surface area (Å²) < 4.78 is 13.0. The molecule has 0 radical (unpaired) electrons. The van der Waals surface area contributed by atoms with Crippen LogP contribution in [-0.4, -0.2) is 42.4 Å². The van der Waals surface area contributed by atoms with Gasteiger partial charge >= 0.3 is 0 Å². The number of pyridine rings is 1. The van der Waals surface area contributed by atoms with Crippen molar-refractivity contribution in [1.29, 1.82) is 0 Å². The van der Waals surface area contributed by atoms with Gasteiger partial charge in [0.25, 0.3) is 11.5 Å². The Labute approximate surface area is 155 Å². The van der Waals surface area contributed by atoms with Crippen LogP contribution in [0.25, 0.3) is 0 Å². The number of aromatic nitrogens is 1. The fraction of sp³-hybridized carbons (Fsp3) is 0.600. The van der Waals surface area contributed by atoms with Crippen LogP contribution in [0.5, 0.6) is 0 Å². The van der Waals surface area contributed by atoms with E-state index in [1.54, 1.807) is 17.7 Å². The zero-order chi connectivity index (χ0) is 19.3. The minimum absolute atomic E-state index is 0.122. The monoisotopic (exact) mass is 362 g/mol. The maximum Gasteiger partial charge on any atom is 0.263 e. The number of nitrogens with zero attached hydrogens (tertiary/aromatic N) is 1. The Balaban J connectivity index is 2.14. The number of amides is 1. The highest BCUT2D eigenvalue weighted by atomic mass is 16.5. The zero-order valence-electron chi connectivity index (χ0n) is 16.4. The highest BCUT2D eigenvalue weighted by molar-refractivity contribution is 5.94. The summed E-state index contributed by atoms with van der Waals surface area (Å²) in [5.41, 5.74) is 2.96. The predicted octanol–water partition coefficient (Wildman–Crippen LogP) is 2.13. The highest BCUT2D eigenvalue weighted by Gasteiger charge is 2.29. The first-order chi connectivity index (χ1) is 12.3. The predicted molar refractivity (Wildman–Crippen MR) is 102 cm³/mol. The Morgan fingerprint density at radius 1 is 1.46 bits per heavy atom. The molecule has 1 aromatic rings. The first-order valence-corrected chi connectivity index (χ1v) is 9.18. The molecule has 2 heterocycles. The number of hydrogen-bond acceptors (Lipinski definition) is 4. The van der Waals surface area contributed by atoms with Gasteiger partial charge in [-0.25, -0.2) is 0 Å². The van der Waals surface area contributed by atoms with Crippen molar-refractivity contribution in [2.45, 2.75) is 52.7 Å². The average molecular weight is 362 g/mol. The average Bonchev–Trinajstić information content (AvgIpc) is 2.59. The molecule has 0 bridgehead atoms. The van der Waals surface area contributed by atoms with Crippen molar-refractivity contribution in [2.75, 3.05) is 19.8 Å². The lowest BCUT2D eigenvalue weighted by atomic mass is 10.0. The molecule has 6 heteroatoms. The summed E-state index contributed by atoms with van der Waals surface area (Å²) in [4.78, 5) is 25.3. The van der Waals surface area contributed by atoms with Gasteiger partial charge < -0.3 is 19.4 Å². The lowest BCUT2D eigenvalue weighted by molar-refractivity contribution is -0.0457. The number of carbonyl (C=O) groups is 1. The van der Waals surface area contributed by atoms with E-state index in [9.17, 15) is 9.59 Å². The van der Waals surface area contributed by atoms with Crippen LogP contribution < -0.4 is 10.9 Å². The van der Waals surface area contributed by atoms with Crippen LogP contribution in [0.2, 0.25) is 0 Å². The van der Waals surface area contributed by atoms with Gasteiger partial charge in [-0.15, -0.1) is 0 Å². The molecule has 144 valence electrons. The SMILES string of the molecule is CCc1c(C)cc(C(=O)N[C@H]2COCC[C@H]2OCC=C(C)C)c(=O)n1C. The van der Waals surface area contributed by atoms with E-state index >= 15 is 0 Å². The first kappa shape index (κ1) is 20.4. The third-order valence-corrected chi connectivity index (χ3v) is 4.75. The molecule has 1 amide bonds. The molecule has 0 spiro atoms. The molecule has 0 saturated carbocycles. The minimum Gasteiger partial charge on any atom is -0.379 e. The number of ether oxygens (including phenoxy) is 2. The molecular formula is C20H30N2O4. The van der Waals surface area contributed by atoms with E-state index in [1.807, 2.05) is 33.8 Å². The maximum absolute atomic E-state index is 12.7. The van der Waals surface area contributed by atoms with E-state index in [1.165, 1.54) is 5.57 Å². The second-order valence-corrected chi connectivity index (χ2v) is 7.00. The molecule has 2 atom stereocenters. The van der Waals surface area contributed by atoms with E-state index in [4.69, 9.17) is 9.47 Å². The van der Waals surface area contributed by atoms with E-state index < -0.39 is 0 Å². The van der Waals surface area contributed by atoms with E-state index in [0.29, 0.717) is 26.2 Å². The number of carbonyl (C=O) groups excluding carboxylic acids is 1. The number of allylic oxidation sites excluding steroid dienone is 1. The molecule has 1 fully saturated rings. The molecule has 0 aliphatic carbocycles. The largest absolute Gasteiger partial charge is 0.379 e. The summed E-state index contributed by atoms with van der Waals surface area (Å²) in [5, 5.41) is 2.93. The normalized spacial score (nSPS) is 19.9. The van der Waals surface area contributed by atoms with Crippen LogP contribution in [0.3, 0.4) is 0 Å². The number of aryl methyl sites for hydroxylation is 1. The van der Waals surface area contributed by atoms with Gasteiger partial charge in [0.05, 0.1) is 25.4 Å². The third kappa shape index (κ3) is 4.83. The van der Waals surface area contributed by atoms with Crippen molar-refractivity contribution < 1.29 is 14.3 Å². The summed E-state index contributed by atoms with van der Waals surface area (Å²) >= 11 is 0. The lowest BCUT2D eigenvalue weighted by Gasteiger charge is -2.32. The van der Waals surface area contributed by atoms with Crippen molar-refractivity contribution in [1.82, 2.24) is 9.88 Å². The van der Waals surface area contributed by atoms with Crippen molar-refractivity contribution in [3.05, 3.63) is 44.9 Å². The number of nitrogens with one attached hydrogen (secondary N) is 1. The van der Waals surface area contributed by atoms with E-state index in [-0.39, 0.29) is 29.2 Å². The number of rotatable bonds is 6. The van der Waals surface area contributed by atoms with Crippen molar-refractivity contribution in [2.24, 2.45) is 7.05 Å². The highest BCUT2D eigenvalue weighted by Crippen LogP contribution is 2.14. The van der Waals surface area contributed by atoms with E-state index in [2.05, 4.69) is 5.32 Å². The Kier molecular flexibility index (Phi) is 7.17. The molecule has 6 nitrogen and oxygen atoms in total. The van der Waals surface area contributed by atoms with Crippen LogP contribution >= 0.6 is 0 Å². The van der Waals surface area contributed by atoms with Crippen LogP contribution in [0.15, 0.2) is 22.5 Å². The maximum atomic E-state index is 12.7. The van der Waals surface area contributed by atoms with Gasteiger partial charge in [0.15, 0.2) is 0 Å². The molecule has 1 saturated heterocycles. The smallest absolute Gasteiger partial charge is 0.263 e. The van der Waals surface area contributed by atoms with Gasteiger partial charge in [-0.2, -0.15) is 0 Å².